The molecule has 0 amide bonds. The third kappa shape index (κ3) is 3.10. The van der Waals surface area contributed by atoms with Crippen LogP contribution < -0.4 is 10.2 Å². The summed E-state index contributed by atoms with van der Waals surface area (Å²) in [5.41, 5.74) is 1.02. The van der Waals surface area contributed by atoms with Crippen molar-refractivity contribution < 1.29 is 0 Å². The third-order valence-electron chi connectivity index (χ3n) is 2.83. The molecule has 0 bridgehead atoms. The first kappa shape index (κ1) is 14.2. The van der Waals surface area contributed by atoms with Crippen LogP contribution in [0.5, 0.6) is 0 Å². The first-order chi connectivity index (χ1) is 8.51. The Labute approximate surface area is 109 Å². The van der Waals surface area contributed by atoms with Crippen molar-refractivity contribution in [2.45, 2.75) is 40.2 Å². The maximum atomic E-state index is 8.75. The van der Waals surface area contributed by atoms with E-state index in [4.69, 9.17) is 5.26 Å². The van der Waals surface area contributed by atoms with Crippen LogP contribution in [0.15, 0.2) is 0 Å². The summed E-state index contributed by atoms with van der Waals surface area (Å²) in [5.74, 6) is 2.50. The summed E-state index contributed by atoms with van der Waals surface area (Å²) in [6, 6.07) is 2.49. The number of anilines is 2. The zero-order chi connectivity index (χ0) is 13.7. The van der Waals surface area contributed by atoms with Crippen molar-refractivity contribution in [3.63, 3.8) is 0 Å². The second-order valence-corrected chi connectivity index (χ2v) is 4.51. The molecule has 5 nitrogen and oxygen atoms in total. The molecule has 0 saturated carbocycles. The monoisotopic (exact) mass is 247 g/mol. The first-order valence-corrected chi connectivity index (χ1v) is 6.17. The van der Waals surface area contributed by atoms with Gasteiger partial charge in [0.05, 0.1) is 12.5 Å². The lowest BCUT2D eigenvalue weighted by Gasteiger charge is -2.29. The van der Waals surface area contributed by atoms with E-state index in [9.17, 15) is 0 Å². The van der Waals surface area contributed by atoms with Gasteiger partial charge in [0.15, 0.2) is 0 Å². The highest BCUT2D eigenvalue weighted by Gasteiger charge is 2.17. The average molecular weight is 247 g/mol. The molecule has 0 atom stereocenters. The van der Waals surface area contributed by atoms with Gasteiger partial charge >= 0.3 is 0 Å². The van der Waals surface area contributed by atoms with E-state index in [0.717, 1.165) is 23.0 Å². The summed E-state index contributed by atoms with van der Waals surface area (Å²) in [6.45, 7) is 8.78. The van der Waals surface area contributed by atoms with Crippen LogP contribution in [0.3, 0.4) is 0 Å². The highest BCUT2D eigenvalue weighted by molar-refractivity contribution is 5.58. The molecule has 98 valence electrons. The SMILES string of the molecule is CNc1nc(C)nc(N(CCC#N)C(C)C)c1C. The number of hydrogen-bond acceptors (Lipinski definition) is 5. The van der Waals surface area contributed by atoms with Crippen molar-refractivity contribution in [3.8, 4) is 6.07 Å². The molecular weight excluding hydrogens is 226 g/mol. The van der Waals surface area contributed by atoms with Crippen LogP contribution in [0.4, 0.5) is 11.6 Å². The number of nitrogens with one attached hydrogen (secondary N) is 1. The largest absolute Gasteiger partial charge is 0.373 e. The molecule has 0 radical (unpaired) electrons. The fourth-order valence-corrected chi connectivity index (χ4v) is 1.92. The molecule has 1 rings (SSSR count). The molecule has 0 aliphatic rings. The van der Waals surface area contributed by atoms with Gasteiger partial charge in [-0.25, -0.2) is 9.97 Å². The van der Waals surface area contributed by atoms with Crippen LogP contribution in [0.2, 0.25) is 0 Å². The number of aryl methyl sites for hydroxylation is 1. The second-order valence-electron chi connectivity index (χ2n) is 4.51. The molecule has 0 aliphatic heterocycles. The number of aromatic nitrogens is 2. The fourth-order valence-electron chi connectivity index (χ4n) is 1.92. The lowest BCUT2D eigenvalue weighted by Crippen LogP contribution is -2.33. The van der Waals surface area contributed by atoms with Crippen molar-refractivity contribution in [2.24, 2.45) is 0 Å². The van der Waals surface area contributed by atoms with Crippen LogP contribution in [-0.2, 0) is 0 Å². The van der Waals surface area contributed by atoms with E-state index in [2.05, 4.69) is 40.1 Å². The van der Waals surface area contributed by atoms with Crippen LogP contribution >= 0.6 is 0 Å². The molecule has 5 heteroatoms. The Morgan fingerprint density at radius 3 is 2.50 bits per heavy atom. The minimum absolute atomic E-state index is 0.302. The number of nitriles is 1. The number of nitrogens with zero attached hydrogens (tertiary/aromatic N) is 4. The molecule has 0 spiro atoms. The lowest BCUT2D eigenvalue weighted by molar-refractivity contribution is 0.671. The van der Waals surface area contributed by atoms with Crippen molar-refractivity contribution in [1.82, 2.24) is 9.97 Å². The van der Waals surface area contributed by atoms with Crippen molar-refractivity contribution in [2.75, 3.05) is 23.8 Å². The topological polar surface area (TPSA) is 64.8 Å². The minimum atomic E-state index is 0.302. The van der Waals surface area contributed by atoms with Crippen molar-refractivity contribution >= 4 is 11.6 Å². The fraction of sp³-hybridized carbons (Fsp3) is 0.615. The molecule has 1 N–H and O–H groups in total. The Hall–Kier alpha value is -1.83. The standard InChI is InChI=1S/C13H21N5/c1-9(2)18(8-6-7-14)13-10(3)12(15-5)16-11(4)17-13/h9H,6,8H2,1-5H3,(H,15,16,17). The van der Waals surface area contributed by atoms with Crippen molar-refractivity contribution in [3.05, 3.63) is 11.4 Å². The van der Waals surface area contributed by atoms with Gasteiger partial charge in [-0.05, 0) is 27.7 Å². The predicted molar refractivity (Wildman–Crippen MR) is 73.8 cm³/mol. The molecule has 0 unspecified atom stereocenters. The van der Waals surface area contributed by atoms with E-state index in [-0.39, 0.29) is 0 Å². The van der Waals surface area contributed by atoms with Gasteiger partial charge in [0.25, 0.3) is 0 Å². The Morgan fingerprint density at radius 1 is 1.33 bits per heavy atom. The van der Waals surface area contributed by atoms with E-state index >= 15 is 0 Å². The summed E-state index contributed by atoms with van der Waals surface area (Å²) in [7, 11) is 1.85. The van der Waals surface area contributed by atoms with Crippen LogP contribution in [0.25, 0.3) is 0 Å². The molecule has 18 heavy (non-hydrogen) atoms. The maximum Gasteiger partial charge on any atom is 0.137 e. The molecule has 0 fully saturated rings. The van der Waals surface area contributed by atoms with Gasteiger partial charge in [0.2, 0.25) is 0 Å². The maximum absolute atomic E-state index is 8.75. The van der Waals surface area contributed by atoms with Gasteiger partial charge < -0.3 is 10.2 Å². The molecule has 0 saturated heterocycles. The van der Waals surface area contributed by atoms with Crippen LogP contribution in [0.1, 0.15) is 31.7 Å². The molecule has 1 aromatic rings. The normalized spacial score (nSPS) is 10.3. The van der Waals surface area contributed by atoms with E-state index in [1.165, 1.54) is 0 Å². The quantitative estimate of drug-likeness (QED) is 0.864. The summed E-state index contributed by atoms with van der Waals surface area (Å²) in [6.07, 6.45) is 0.496. The van der Waals surface area contributed by atoms with Gasteiger partial charge in [-0.3, -0.25) is 0 Å². The van der Waals surface area contributed by atoms with E-state index in [1.54, 1.807) is 0 Å². The molecule has 0 aliphatic carbocycles. The lowest BCUT2D eigenvalue weighted by atomic mass is 10.2. The Morgan fingerprint density at radius 2 is 2.00 bits per heavy atom. The third-order valence-corrected chi connectivity index (χ3v) is 2.83. The zero-order valence-corrected chi connectivity index (χ0v) is 11.8. The minimum Gasteiger partial charge on any atom is -0.373 e. The van der Waals surface area contributed by atoms with Gasteiger partial charge in [-0.15, -0.1) is 0 Å². The Kier molecular flexibility index (Phi) is 4.90. The zero-order valence-electron chi connectivity index (χ0n) is 11.8. The van der Waals surface area contributed by atoms with Crippen LogP contribution in [-0.4, -0.2) is 29.6 Å². The first-order valence-electron chi connectivity index (χ1n) is 6.17. The van der Waals surface area contributed by atoms with Crippen molar-refractivity contribution in [1.29, 1.82) is 5.26 Å². The van der Waals surface area contributed by atoms with E-state index < -0.39 is 0 Å². The molecular formula is C13H21N5. The van der Waals surface area contributed by atoms with Gasteiger partial charge in [0, 0.05) is 25.2 Å². The summed E-state index contributed by atoms with van der Waals surface area (Å²) in [5, 5.41) is 11.8. The summed E-state index contributed by atoms with van der Waals surface area (Å²) >= 11 is 0. The second kappa shape index (κ2) is 6.20. The predicted octanol–water partition coefficient (Wildman–Crippen LogP) is 2.26. The average Bonchev–Trinajstić information content (AvgIpc) is 2.32. The molecule has 0 aromatic carbocycles. The molecule has 1 heterocycles. The number of rotatable bonds is 5. The van der Waals surface area contributed by atoms with Gasteiger partial charge in [0.1, 0.15) is 17.5 Å². The summed E-state index contributed by atoms with van der Waals surface area (Å²) in [4.78, 5) is 11.0. The van der Waals surface area contributed by atoms with E-state index in [0.29, 0.717) is 19.0 Å². The Balaban J connectivity index is 3.19. The highest BCUT2D eigenvalue weighted by Crippen LogP contribution is 2.24. The van der Waals surface area contributed by atoms with Gasteiger partial charge in [-0.1, -0.05) is 0 Å². The van der Waals surface area contributed by atoms with E-state index in [1.807, 2.05) is 20.9 Å². The van der Waals surface area contributed by atoms with Gasteiger partial charge in [-0.2, -0.15) is 5.26 Å². The van der Waals surface area contributed by atoms with Crippen LogP contribution in [0, 0.1) is 25.2 Å². The molecule has 1 aromatic heterocycles. The Bertz CT molecular complexity index is 447. The highest BCUT2D eigenvalue weighted by atomic mass is 15.2. The number of hydrogen-bond donors (Lipinski definition) is 1. The summed E-state index contributed by atoms with van der Waals surface area (Å²) < 4.78 is 0. The smallest absolute Gasteiger partial charge is 0.137 e.